The van der Waals surface area contributed by atoms with Crippen molar-refractivity contribution in [3.8, 4) is 0 Å². The number of rotatable bonds is 11. The molecule has 1 fully saturated rings. The fraction of sp³-hybridized carbons (Fsp3) is 0.231. The highest BCUT2D eigenvalue weighted by Crippen LogP contribution is 2.42. The summed E-state index contributed by atoms with van der Waals surface area (Å²) in [7, 11) is 0. The van der Waals surface area contributed by atoms with E-state index < -0.39 is 6.29 Å². The summed E-state index contributed by atoms with van der Waals surface area (Å²) in [6.45, 7) is 4.46. The van der Waals surface area contributed by atoms with Crippen LogP contribution in [0.15, 0.2) is 134 Å². The van der Waals surface area contributed by atoms with Gasteiger partial charge in [0.25, 0.3) is 5.91 Å². The number of amides is 1. The van der Waals surface area contributed by atoms with Crippen LogP contribution in [0.1, 0.15) is 57.5 Å². The third-order valence-corrected chi connectivity index (χ3v) is 8.42. The molecule has 7 nitrogen and oxygen atoms in total. The largest absolute Gasteiger partial charge is 0.392 e. The lowest BCUT2D eigenvalue weighted by molar-refractivity contribution is -0.276. The van der Waals surface area contributed by atoms with Crippen LogP contribution in [0.25, 0.3) is 0 Å². The normalized spacial score (nSPS) is 19.5. The number of aliphatic hydroxyl groups is 1. The van der Waals surface area contributed by atoms with Gasteiger partial charge in [-0.1, -0.05) is 104 Å². The molecule has 0 aliphatic carbocycles. The summed E-state index contributed by atoms with van der Waals surface area (Å²) in [6, 6.07) is 40.1. The van der Waals surface area contributed by atoms with E-state index in [2.05, 4.69) is 70.7 Å². The van der Waals surface area contributed by atoms with Crippen LogP contribution >= 0.6 is 0 Å². The molecular weight excluding hydrogens is 574 g/mol. The average Bonchev–Trinajstić information content (AvgIpc) is 3.11. The molecule has 1 aliphatic rings. The molecule has 0 unspecified atom stereocenters. The Hall–Kier alpha value is -4.66. The van der Waals surface area contributed by atoms with E-state index in [1.54, 1.807) is 24.5 Å². The Balaban J connectivity index is 1.25. The van der Waals surface area contributed by atoms with Gasteiger partial charge in [0.15, 0.2) is 6.29 Å². The number of nitrogens with zero attached hydrogens (tertiary/aromatic N) is 2. The fourth-order valence-electron chi connectivity index (χ4n) is 5.87. The summed E-state index contributed by atoms with van der Waals surface area (Å²) in [4.78, 5) is 19.1. The molecule has 5 aromatic rings. The molecule has 6 rings (SSSR count). The van der Waals surface area contributed by atoms with Gasteiger partial charge in [0.1, 0.15) is 0 Å². The molecule has 4 aromatic carbocycles. The van der Waals surface area contributed by atoms with Crippen LogP contribution in [-0.2, 0) is 29.2 Å². The van der Waals surface area contributed by atoms with Gasteiger partial charge in [0, 0.05) is 49.2 Å². The number of pyridine rings is 1. The first kappa shape index (κ1) is 31.3. The molecule has 4 atom stereocenters. The van der Waals surface area contributed by atoms with Gasteiger partial charge in [-0.2, -0.15) is 0 Å². The molecule has 2 heterocycles. The standard InChI is InChI=1S/C39H39N3O4/c1-28-36(26-42(24-29-9-4-2-5-10-29)25-30-11-6-3-7-12-30)45-39(46-37(28)32-16-14-31(27-43)15-17-32)33-18-20-35(21-19-33)41-38(44)34-13-8-22-40-23-34/h2-23,28,36-37,39,43H,24-27H2,1H3,(H,41,44)/t28-,36+,37+,39+/m1/s1. The quantitative estimate of drug-likeness (QED) is 0.162. The van der Waals surface area contributed by atoms with Gasteiger partial charge in [0.2, 0.25) is 0 Å². The Labute approximate surface area is 270 Å². The van der Waals surface area contributed by atoms with Crippen molar-refractivity contribution in [2.24, 2.45) is 5.92 Å². The highest BCUT2D eigenvalue weighted by atomic mass is 16.7. The minimum absolute atomic E-state index is 0.00663. The SMILES string of the molecule is C[C@@H]1[C@H](CN(Cc2ccccc2)Cc2ccccc2)O[C@H](c2ccc(NC(=O)c3cccnc3)cc2)O[C@@H]1c1ccc(CO)cc1. The summed E-state index contributed by atoms with van der Waals surface area (Å²) < 4.78 is 13.5. The molecule has 1 amide bonds. The Kier molecular flexibility index (Phi) is 10.3. The highest BCUT2D eigenvalue weighted by molar-refractivity contribution is 6.04. The molecule has 2 N–H and O–H groups in total. The first-order chi connectivity index (χ1) is 22.6. The first-order valence-corrected chi connectivity index (χ1v) is 15.7. The molecule has 0 saturated carbocycles. The smallest absolute Gasteiger partial charge is 0.257 e. The van der Waals surface area contributed by atoms with Crippen LogP contribution in [-0.4, -0.2) is 33.5 Å². The minimum Gasteiger partial charge on any atom is -0.392 e. The van der Waals surface area contributed by atoms with Crippen molar-refractivity contribution < 1.29 is 19.4 Å². The van der Waals surface area contributed by atoms with Crippen LogP contribution in [0.5, 0.6) is 0 Å². The minimum atomic E-state index is -0.609. The molecular formula is C39H39N3O4. The fourth-order valence-corrected chi connectivity index (χ4v) is 5.87. The van der Waals surface area contributed by atoms with Crippen molar-refractivity contribution in [2.75, 3.05) is 11.9 Å². The third kappa shape index (κ3) is 7.94. The number of hydrogen-bond acceptors (Lipinski definition) is 6. The number of hydrogen-bond donors (Lipinski definition) is 2. The molecule has 7 heteroatoms. The van der Waals surface area contributed by atoms with E-state index in [0.29, 0.717) is 17.8 Å². The molecule has 46 heavy (non-hydrogen) atoms. The molecule has 1 saturated heterocycles. The van der Waals surface area contributed by atoms with Crippen LogP contribution in [0.2, 0.25) is 0 Å². The maximum Gasteiger partial charge on any atom is 0.257 e. The van der Waals surface area contributed by atoms with Crippen molar-refractivity contribution in [2.45, 2.75) is 45.1 Å². The van der Waals surface area contributed by atoms with Crippen LogP contribution < -0.4 is 5.32 Å². The zero-order chi connectivity index (χ0) is 31.7. The second kappa shape index (κ2) is 15.1. The monoisotopic (exact) mass is 613 g/mol. The Morgan fingerprint density at radius 2 is 1.39 bits per heavy atom. The van der Waals surface area contributed by atoms with Gasteiger partial charge in [-0.15, -0.1) is 0 Å². The van der Waals surface area contributed by atoms with E-state index in [1.165, 1.54) is 11.1 Å². The molecule has 0 radical (unpaired) electrons. The van der Waals surface area contributed by atoms with Crippen molar-refractivity contribution in [3.05, 3.63) is 167 Å². The van der Waals surface area contributed by atoms with E-state index in [1.807, 2.05) is 60.7 Å². The molecule has 0 spiro atoms. The summed E-state index contributed by atoms with van der Waals surface area (Å²) in [6.07, 6.45) is 2.21. The second-order valence-electron chi connectivity index (χ2n) is 11.8. The van der Waals surface area contributed by atoms with E-state index >= 15 is 0 Å². The van der Waals surface area contributed by atoms with Gasteiger partial charge in [0.05, 0.1) is 24.4 Å². The summed E-state index contributed by atoms with van der Waals surface area (Å²) in [5, 5.41) is 12.6. The van der Waals surface area contributed by atoms with E-state index in [9.17, 15) is 9.90 Å². The van der Waals surface area contributed by atoms with Crippen molar-refractivity contribution in [1.82, 2.24) is 9.88 Å². The number of carbonyl (C=O) groups is 1. The number of aliphatic hydroxyl groups excluding tert-OH is 1. The lowest BCUT2D eigenvalue weighted by atomic mass is 9.89. The average molecular weight is 614 g/mol. The topological polar surface area (TPSA) is 83.9 Å². The van der Waals surface area contributed by atoms with Crippen molar-refractivity contribution >= 4 is 11.6 Å². The van der Waals surface area contributed by atoms with Crippen molar-refractivity contribution in [3.63, 3.8) is 0 Å². The Morgan fingerprint density at radius 3 is 1.98 bits per heavy atom. The van der Waals surface area contributed by atoms with Crippen LogP contribution in [0.4, 0.5) is 5.69 Å². The third-order valence-electron chi connectivity index (χ3n) is 8.42. The van der Waals surface area contributed by atoms with Gasteiger partial charge in [-0.05, 0) is 46.5 Å². The van der Waals surface area contributed by atoms with E-state index in [4.69, 9.17) is 9.47 Å². The Morgan fingerprint density at radius 1 is 0.761 bits per heavy atom. The van der Waals surface area contributed by atoms with Gasteiger partial charge in [-0.3, -0.25) is 14.7 Å². The van der Waals surface area contributed by atoms with Crippen LogP contribution in [0, 0.1) is 5.92 Å². The number of benzene rings is 4. The zero-order valence-electron chi connectivity index (χ0n) is 25.9. The summed E-state index contributed by atoms with van der Waals surface area (Å²) >= 11 is 0. The van der Waals surface area contributed by atoms with Crippen LogP contribution in [0.3, 0.4) is 0 Å². The molecule has 1 aliphatic heterocycles. The van der Waals surface area contributed by atoms with Crippen molar-refractivity contribution in [1.29, 1.82) is 0 Å². The predicted octanol–water partition coefficient (Wildman–Crippen LogP) is 7.32. The lowest BCUT2D eigenvalue weighted by Crippen LogP contribution is -2.44. The van der Waals surface area contributed by atoms with Gasteiger partial charge < -0.3 is 19.9 Å². The number of aromatic nitrogens is 1. The number of carbonyl (C=O) groups excluding carboxylic acids is 1. The molecule has 1 aromatic heterocycles. The maximum absolute atomic E-state index is 12.7. The zero-order valence-corrected chi connectivity index (χ0v) is 25.9. The van der Waals surface area contributed by atoms with Gasteiger partial charge >= 0.3 is 0 Å². The number of anilines is 1. The molecule has 234 valence electrons. The second-order valence-corrected chi connectivity index (χ2v) is 11.8. The lowest BCUT2D eigenvalue weighted by Gasteiger charge is -2.43. The summed E-state index contributed by atoms with van der Waals surface area (Å²) in [5.74, 6) is -0.175. The summed E-state index contributed by atoms with van der Waals surface area (Å²) in [5.41, 5.74) is 6.42. The highest BCUT2D eigenvalue weighted by Gasteiger charge is 2.39. The van der Waals surface area contributed by atoms with E-state index in [-0.39, 0.29) is 30.6 Å². The maximum atomic E-state index is 12.7. The van der Waals surface area contributed by atoms with E-state index in [0.717, 1.165) is 29.8 Å². The van der Waals surface area contributed by atoms with Gasteiger partial charge in [-0.25, -0.2) is 0 Å². The first-order valence-electron chi connectivity index (χ1n) is 15.7. The number of nitrogens with one attached hydrogen (secondary N) is 1. The predicted molar refractivity (Wildman–Crippen MR) is 179 cm³/mol. The Bertz CT molecular complexity index is 1620. The number of ether oxygens (including phenoxy) is 2. The molecule has 0 bridgehead atoms.